The molecule has 3 heteroatoms. The summed E-state index contributed by atoms with van der Waals surface area (Å²) in [5.41, 5.74) is 0.999. The number of hydrogen-bond acceptors (Lipinski definition) is 3. The first-order valence-electron chi connectivity index (χ1n) is 3.98. The average Bonchev–Trinajstić information content (AvgIpc) is 2.31. The number of hydrogen-bond donors (Lipinski definition) is 0. The number of aryl methyl sites for hydroxylation is 2. The zero-order chi connectivity index (χ0) is 8.27. The van der Waals surface area contributed by atoms with Crippen LogP contribution in [0.3, 0.4) is 0 Å². The molecule has 62 valence electrons. The van der Waals surface area contributed by atoms with Crippen LogP contribution in [0.25, 0.3) is 0 Å². The first kappa shape index (κ1) is 8.24. The Bertz CT molecular complexity index is 218. The van der Waals surface area contributed by atoms with Crippen molar-refractivity contribution in [2.24, 2.45) is 5.92 Å². The third-order valence-electron chi connectivity index (χ3n) is 1.70. The highest BCUT2D eigenvalue weighted by Crippen LogP contribution is 2.09. The molecule has 0 saturated heterocycles. The van der Waals surface area contributed by atoms with Gasteiger partial charge in [-0.15, -0.1) is 5.10 Å². The van der Waals surface area contributed by atoms with Crippen molar-refractivity contribution in [1.29, 1.82) is 0 Å². The molecule has 0 aliphatic carbocycles. The van der Waals surface area contributed by atoms with E-state index in [0.717, 1.165) is 24.3 Å². The van der Waals surface area contributed by atoms with Gasteiger partial charge in [-0.1, -0.05) is 13.8 Å². The van der Waals surface area contributed by atoms with E-state index in [9.17, 15) is 0 Å². The minimum Gasteiger partial charge on any atom is -0.342 e. The minimum atomic E-state index is 0.714. The molecular formula is C8H14N2O. The number of nitrogens with zero attached hydrogens (tertiary/aromatic N) is 2. The van der Waals surface area contributed by atoms with Crippen molar-refractivity contribution >= 4 is 0 Å². The van der Waals surface area contributed by atoms with Crippen LogP contribution in [0.5, 0.6) is 0 Å². The highest BCUT2D eigenvalue weighted by Gasteiger charge is 2.04. The first-order valence-corrected chi connectivity index (χ1v) is 3.98. The summed E-state index contributed by atoms with van der Waals surface area (Å²) in [5.74, 6) is 1.57. The Morgan fingerprint density at radius 1 is 1.45 bits per heavy atom. The van der Waals surface area contributed by atoms with Gasteiger partial charge in [0.15, 0.2) is 5.76 Å². The van der Waals surface area contributed by atoms with E-state index in [-0.39, 0.29) is 0 Å². The van der Waals surface area contributed by atoms with E-state index in [4.69, 9.17) is 4.52 Å². The van der Waals surface area contributed by atoms with E-state index in [1.165, 1.54) is 0 Å². The SMILES string of the molecule is Cc1onnc1CCC(C)C. The molecular weight excluding hydrogens is 140 g/mol. The van der Waals surface area contributed by atoms with Crippen LogP contribution in [0.4, 0.5) is 0 Å². The topological polar surface area (TPSA) is 38.9 Å². The molecule has 0 radical (unpaired) electrons. The van der Waals surface area contributed by atoms with Crippen LogP contribution in [0.15, 0.2) is 4.52 Å². The molecule has 0 unspecified atom stereocenters. The fourth-order valence-electron chi connectivity index (χ4n) is 0.905. The number of rotatable bonds is 3. The second-order valence-electron chi connectivity index (χ2n) is 3.21. The molecule has 0 spiro atoms. The van der Waals surface area contributed by atoms with E-state index in [1.54, 1.807) is 0 Å². The lowest BCUT2D eigenvalue weighted by molar-refractivity contribution is 0.373. The largest absolute Gasteiger partial charge is 0.342 e. The predicted octanol–water partition coefficient (Wildman–Crippen LogP) is 1.97. The van der Waals surface area contributed by atoms with Crippen LogP contribution in [-0.4, -0.2) is 10.4 Å². The third-order valence-corrected chi connectivity index (χ3v) is 1.70. The summed E-state index contributed by atoms with van der Waals surface area (Å²) in [7, 11) is 0. The van der Waals surface area contributed by atoms with E-state index in [2.05, 4.69) is 24.2 Å². The maximum absolute atomic E-state index is 4.84. The summed E-state index contributed by atoms with van der Waals surface area (Å²) >= 11 is 0. The lowest BCUT2D eigenvalue weighted by Crippen LogP contribution is -1.93. The molecule has 11 heavy (non-hydrogen) atoms. The molecule has 0 aliphatic rings. The van der Waals surface area contributed by atoms with E-state index >= 15 is 0 Å². The Labute approximate surface area is 66.8 Å². The summed E-state index contributed by atoms with van der Waals surface area (Å²) in [6.07, 6.45) is 2.13. The first-order chi connectivity index (χ1) is 5.20. The minimum absolute atomic E-state index is 0.714. The van der Waals surface area contributed by atoms with Gasteiger partial charge in [-0.25, -0.2) is 0 Å². The van der Waals surface area contributed by atoms with Gasteiger partial charge in [0.2, 0.25) is 0 Å². The molecule has 0 aromatic carbocycles. The van der Waals surface area contributed by atoms with Gasteiger partial charge in [-0.05, 0) is 25.7 Å². The van der Waals surface area contributed by atoms with Crippen molar-refractivity contribution in [1.82, 2.24) is 10.4 Å². The standard InChI is InChI=1S/C8H14N2O/c1-6(2)4-5-8-7(3)11-10-9-8/h6H,4-5H2,1-3H3. The van der Waals surface area contributed by atoms with Crippen molar-refractivity contribution < 1.29 is 4.52 Å². The van der Waals surface area contributed by atoms with Crippen LogP contribution in [0, 0.1) is 12.8 Å². The Balaban J connectivity index is 2.44. The van der Waals surface area contributed by atoms with Crippen molar-refractivity contribution in [2.45, 2.75) is 33.6 Å². The van der Waals surface area contributed by atoms with Gasteiger partial charge < -0.3 is 4.52 Å². The lowest BCUT2D eigenvalue weighted by Gasteiger charge is -2.00. The van der Waals surface area contributed by atoms with Crippen LogP contribution in [0.2, 0.25) is 0 Å². The zero-order valence-corrected chi connectivity index (χ0v) is 7.29. The normalized spacial score (nSPS) is 10.9. The molecule has 1 aromatic rings. The summed E-state index contributed by atoms with van der Waals surface area (Å²) in [6.45, 7) is 6.29. The Hall–Kier alpha value is -0.860. The quantitative estimate of drug-likeness (QED) is 0.668. The van der Waals surface area contributed by atoms with Gasteiger partial charge in [0.05, 0.1) is 0 Å². The van der Waals surface area contributed by atoms with E-state index in [0.29, 0.717) is 5.92 Å². The molecule has 0 saturated carbocycles. The Morgan fingerprint density at radius 3 is 2.64 bits per heavy atom. The molecule has 0 atom stereocenters. The predicted molar refractivity (Wildman–Crippen MR) is 42.2 cm³/mol. The van der Waals surface area contributed by atoms with Crippen LogP contribution < -0.4 is 0 Å². The van der Waals surface area contributed by atoms with Crippen molar-refractivity contribution in [3.8, 4) is 0 Å². The molecule has 0 N–H and O–H groups in total. The van der Waals surface area contributed by atoms with Gasteiger partial charge >= 0.3 is 0 Å². The van der Waals surface area contributed by atoms with Gasteiger partial charge in [0.1, 0.15) is 5.69 Å². The lowest BCUT2D eigenvalue weighted by atomic mass is 10.1. The van der Waals surface area contributed by atoms with Crippen LogP contribution in [-0.2, 0) is 6.42 Å². The average molecular weight is 154 g/mol. The highest BCUT2D eigenvalue weighted by molar-refractivity contribution is 5.02. The van der Waals surface area contributed by atoms with Crippen molar-refractivity contribution in [3.63, 3.8) is 0 Å². The zero-order valence-electron chi connectivity index (χ0n) is 7.29. The molecule has 0 bridgehead atoms. The fraction of sp³-hybridized carbons (Fsp3) is 0.750. The van der Waals surface area contributed by atoms with Gasteiger partial charge in [-0.2, -0.15) is 0 Å². The molecule has 3 nitrogen and oxygen atoms in total. The summed E-state index contributed by atoms with van der Waals surface area (Å²) in [6, 6.07) is 0. The maximum atomic E-state index is 4.84. The molecule has 0 aliphatic heterocycles. The van der Waals surface area contributed by atoms with Crippen LogP contribution in [0.1, 0.15) is 31.7 Å². The Kier molecular flexibility index (Phi) is 2.63. The van der Waals surface area contributed by atoms with E-state index < -0.39 is 0 Å². The number of aromatic nitrogens is 2. The third kappa shape index (κ3) is 2.33. The Morgan fingerprint density at radius 2 is 2.18 bits per heavy atom. The smallest absolute Gasteiger partial charge is 0.157 e. The van der Waals surface area contributed by atoms with Gasteiger partial charge in [0, 0.05) is 5.27 Å². The highest BCUT2D eigenvalue weighted by atomic mass is 16.5. The second kappa shape index (κ2) is 3.51. The molecule has 0 fully saturated rings. The summed E-state index contributed by atoms with van der Waals surface area (Å²) < 4.78 is 4.84. The molecule has 1 heterocycles. The fourth-order valence-corrected chi connectivity index (χ4v) is 0.905. The summed E-state index contributed by atoms with van der Waals surface area (Å²) in [4.78, 5) is 0. The maximum Gasteiger partial charge on any atom is 0.157 e. The molecule has 0 amide bonds. The molecule has 1 aromatic heterocycles. The van der Waals surface area contributed by atoms with Gasteiger partial charge in [-0.3, -0.25) is 0 Å². The van der Waals surface area contributed by atoms with E-state index in [1.807, 2.05) is 6.92 Å². The second-order valence-corrected chi connectivity index (χ2v) is 3.21. The van der Waals surface area contributed by atoms with Crippen molar-refractivity contribution in [2.75, 3.05) is 0 Å². The summed E-state index contributed by atoms with van der Waals surface area (Å²) in [5, 5.41) is 7.35. The van der Waals surface area contributed by atoms with Gasteiger partial charge in [0.25, 0.3) is 0 Å². The molecule has 1 rings (SSSR count). The monoisotopic (exact) mass is 154 g/mol. The van der Waals surface area contributed by atoms with Crippen molar-refractivity contribution in [3.05, 3.63) is 11.5 Å². The van der Waals surface area contributed by atoms with Crippen LogP contribution >= 0.6 is 0 Å².